The zero-order valence-corrected chi connectivity index (χ0v) is 16.4. The van der Waals surface area contributed by atoms with Crippen molar-refractivity contribution in [2.75, 3.05) is 12.9 Å². The maximum atomic E-state index is 14.2. The van der Waals surface area contributed by atoms with E-state index in [-0.39, 0.29) is 21.8 Å². The van der Waals surface area contributed by atoms with Crippen molar-refractivity contribution in [3.8, 4) is 18.1 Å². The largest absolute Gasteiger partial charge is 0.497 e. The average Bonchev–Trinajstić information content (AvgIpc) is 3.00. The van der Waals surface area contributed by atoms with Gasteiger partial charge in [-0.15, -0.1) is 6.42 Å². The van der Waals surface area contributed by atoms with Gasteiger partial charge in [-0.3, -0.25) is 4.79 Å². The molecule has 3 aromatic rings. The van der Waals surface area contributed by atoms with Crippen LogP contribution in [0.15, 0.2) is 52.4 Å². The number of aromatic nitrogens is 1. The van der Waals surface area contributed by atoms with Crippen molar-refractivity contribution in [3.05, 3.63) is 53.1 Å². The lowest BCUT2D eigenvalue weighted by molar-refractivity contribution is -0.115. The molecular formula is C19H15FN2O4S2. The van der Waals surface area contributed by atoms with E-state index in [2.05, 4.69) is 10.9 Å². The topological polar surface area (TPSA) is 77.7 Å². The Labute approximate surface area is 164 Å². The highest BCUT2D eigenvalue weighted by Crippen LogP contribution is 2.20. The van der Waals surface area contributed by atoms with Crippen molar-refractivity contribution < 1.29 is 22.3 Å². The highest BCUT2D eigenvalue weighted by atomic mass is 32.2. The molecular weight excluding hydrogens is 403 g/mol. The van der Waals surface area contributed by atoms with Crippen molar-refractivity contribution in [3.63, 3.8) is 0 Å². The van der Waals surface area contributed by atoms with Crippen LogP contribution < -0.4 is 9.54 Å². The molecule has 0 spiro atoms. The second-order valence-electron chi connectivity index (χ2n) is 5.70. The van der Waals surface area contributed by atoms with Gasteiger partial charge in [-0.25, -0.2) is 12.8 Å². The van der Waals surface area contributed by atoms with Gasteiger partial charge in [0.2, 0.25) is 0 Å². The number of benzene rings is 2. The van der Waals surface area contributed by atoms with Gasteiger partial charge >= 0.3 is 0 Å². The van der Waals surface area contributed by atoms with E-state index in [1.807, 2.05) is 0 Å². The van der Waals surface area contributed by atoms with Crippen LogP contribution in [-0.2, 0) is 21.2 Å². The number of nitrogens with zero attached hydrogens (tertiary/aromatic N) is 2. The lowest BCUT2D eigenvalue weighted by Gasteiger charge is -2.04. The standard InChI is InChI=1S/C19H15FN2O4S2/c1-3-11-22-18-15(20)5-4-6-16(18)27-19(22)21-17(23)12-28(24,25)14-9-7-13(26-2)8-10-14/h1,4-10H,11-12H2,2H3. The number of amides is 1. The summed E-state index contributed by atoms with van der Waals surface area (Å²) in [5.41, 5.74) is 0.231. The minimum absolute atomic E-state index is 0.00171. The molecule has 3 rings (SSSR count). The maximum Gasteiger partial charge on any atom is 0.263 e. The highest BCUT2D eigenvalue weighted by Gasteiger charge is 2.20. The van der Waals surface area contributed by atoms with Gasteiger partial charge in [-0.1, -0.05) is 23.3 Å². The predicted molar refractivity (Wildman–Crippen MR) is 104 cm³/mol. The molecule has 0 aliphatic heterocycles. The van der Waals surface area contributed by atoms with E-state index >= 15 is 0 Å². The van der Waals surface area contributed by atoms with Crippen LogP contribution >= 0.6 is 11.3 Å². The molecule has 6 nitrogen and oxygen atoms in total. The van der Waals surface area contributed by atoms with Gasteiger partial charge in [0.1, 0.15) is 17.3 Å². The van der Waals surface area contributed by atoms with Gasteiger partial charge in [0.15, 0.2) is 14.6 Å². The first-order chi connectivity index (χ1) is 13.4. The molecule has 0 saturated heterocycles. The second kappa shape index (κ2) is 7.96. The summed E-state index contributed by atoms with van der Waals surface area (Å²) in [5.74, 6) is 0.710. The molecule has 0 bridgehead atoms. The Morgan fingerprint density at radius 2 is 2.00 bits per heavy atom. The molecule has 0 fully saturated rings. The quantitative estimate of drug-likeness (QED) is 0.596. The van der Waals surface area contributed by atoms with Crippen molar-refractivity contribution in [2.24, 2.45) is 4.99 Å². The number of thiazole rings is 1. The van der Waals surface area contributed by atoms with E-state index in [0.717, 1.165) is 11.3 Å². The highest BCUT2D eigenvalue weighted by molar-refractivity contribution is 7.92. The molecule has 0 unspecified atom stereocenters. The van der Waals surface area contributed by atoms with E-state index in [9.17, 15) is 17.6 Å². The molecule has 0 N–H and O–H groups in total. The fourth-order valence-electron chi connectivity index (χ4n) is 2.58. The number of fused-ring (bicyclic) bond motifs is 1. The number of ether oxygens (including phenoxy) is 1. The van der Waals surface area contributed by atoms with Crippen molar-refractivity contribution in [2.45, 2.75) is 11.4 Å². The Bertz CT molecular complexity index is 1250. The van der Waals surface area contributed by atoms with Crippen LogP contribution in [0.1, 0.15) is 0 Å². The summed E-state index contributed by atoms with van der Waals surface area (Å²) < 4.78 is 46.0. The number of rotatable bonds is 5. The molecule has 0 saturated carbocycles. The number of terminal acetylenes is 1. The van der Waals surface area contributed by atoms with Gasteiger partial charge in [0.25, 0.3) is 5.91 Å². The van der Waals surface area contributed by atoms with Crippen LogP contribution in [-0.4, -0.2) is 31.8 Å². The lowest BCUT2D eigenvalue weighted by atomic mass is 10.3. The summed E-state index contributed by atoms with van der Waals surface area (Å²) in [6.45, 7) is -0.00171. The molecule has 1 amide bonds. The van der Waals surface area contributed by atoms with E-state index < -0.39 is 27.3 Å². The second-order valence-corrected chi connectivity index (χ2v) is 8.70. The number of carbonyl (C=O) groups excluding carboxylic acids is 1. The number of sulfone groups is 1. The molecule has 2 aromatic carbocycles. The Morgan fingerprint density at radius 3 is 2.64 bits per heavy atom. The smallest absolute Gasteiger partial charge is 0.263 e. The summed E-state index contributed by atoms with van der Waals surface area (Å²) in [4.78, 5) is 16.3. The van der Waals surface area contributed by atoms with E-state index in [4.69, 9.17) is 11.2 Å². The number of para-hydroxylation sites is 1. The van der Waals surface area contributed by atoms with Gasteiger partial charge in [0.05, 0.1) is 28.8 Å². The summed E-state index contributed by atoms with van der Waals surface area (Å²) in [7, 11) is -2.42. The van der Waals surface area contributed by atoms with Crippen LogP contribution in [0, 0.1) is 18.2 Å². The Morgan fingerprint density at radius 1 is 1.29 bits per heavy atom. The third-order valence-corrected chi connectivity index (χ3v) is 6.51. The fourth-order valence-corrected chi connectivity index (χ4v) is 4.75. The van der Waals surface area contributed by atoms with Crippen LogP contribution in [0.25, 0.3) is 10.2 Å². The number of carbonyl (C=O) groups is 1. The first kappa shape index (κ1) is 19.8. The molecule has 0 aliphatic rings. The van der Waals surface area contributed by atoms with Crippen LogP contribution in [0.2, 0.25) is 0 Å². The van der Waals surface area contributed by atoms with Gasteiger partial charge in [0, 0.05) is 0 Å². The van der Waals surface area contributed by atoms with Gasteiger partial charge in [-0.05, 0) is 36.4 Å². The number of hydrogen-bond acceptors (Lipinski definition) is 5. The third-order valence-electron chi connectivity index (χ3n) is 3.85. The van der Waals surface area contributed by atoms with Crippen LogP contribution in [0.5, 0.6) is 5.75 Å². The fraction of sp³-hybridized carbons (Fsp3) is 0.158. The Balaban J connectivity index is 1.97. The number of methoxy groups -OCH3 is 1. The first-order valence-electron chi connectivity index (χ1n) is 8.01. The third kappa shape index (κ3) is 3.98. The molecule has 1 heterocycles. The average molecular weight is 418 g/mol. The molecule has 0 aliphatic carbocycles. The number of halogens is 1. The van der Waals surface area contributed by atoms with Crippen molar-refractivity contribution >= 4 is 37.3 Å². The molecule has 0 atom stereocenters. The first-order valence-corrected chi connectivity index (χ1v) is 10.5. The zero-order valence-electron chi connectivity index (χ0n) is 14.8. The summed E-state index contributed by atoms with van der Waals surface area (Å²) in [6.07, 6.45) is 5.34. The molecule has 0 radical (unpaired) electrons. The van der Waals surface area contributed by atoms with Crippen molar-refractivity contribution in [1.29, 1.82) is 0 Å². The molecule has 144 valence electrons. The normalized spacial score (nSPS) is 12.1. The molecule has 9 heteroatoms. The maximum absolute atomic E-state index is 14.2. The monoisotopic (exact) mass is 418 g/mol. The summed E-state index contributed by atoms with van der Waals surface area (Å²) in [5, 5.41) is 0. The molecule has 1 aromatic heterocycles. The van der Waals surface area contributed by atoms with Gasteiger partial charge < -0.3 is 9.30 Å². The minimum Gasteiger partial charge on any atom is -0.497 e. The Hall–Kier alpha value is -2.96. The Kier molecular flexibility index (Phi) is 5.63. The number of hydrogen-bond donors (Lipinski definition) is 0. The van der Waals surface area contributed by atoms with Gasteiger partial charge in [-0.2, -0.15) is 4.99 Å². The SMILES string of the molecule is C#CCn1c(=NC(=O)CS(=O)(=O)c2ccc(OC)cc2)sc2cccc(F)c21. The molecule has 28 heavy (non-hydrogen) atoms. The summed E-state index contributed by atoms with van der Waals surface area (Å²) in [6, 6.07) is 10.2. The lowest BCUT2D eigenvalue weighted by Crippen LogP contribution is -2.21. The van der Waals surface area contributed by atoms with Crippen LogP contribution in [0.3, 0.4) is 0 Å². The van der Waals surface area contributed by atoms with Crippen LogP contribution in [0.4, 0.5) is 4.39 Å². The predicted octanol–water partition coefficient (Wildman–Crippen LogP) is 2.38. The zero-order chi connectivity index (χ0) is 20.3. The van der Waals surface area contributed by atoms with Crippen molar-refractivity contribution in [1.82, 2.24) is 4.57 Å². The summed E-state index contributed by atoms with van der Waals surface area (Å²) >= 11 is 1.06. The minimum atomic E-state index is -3.89. The van der Waals surface area contributed by atoms with E-state index in [0.29, 0.717) is 10.4 Å². The van der Waals surface area contributed by atoms with E-state index in [1.165, 1.54) is 48.1 Å². The van der Waals surface area contributed by atoms with E-state index in [1.54, 1.807) is 6.07 Å².